The molecule has 9 heteroatoms. The summed E-state index contributed by atoms with van der Waals surface area (Å²) in [5.41, 5.74) is 4.23. The van der Waals surface area contributed by atoms with Gasteiger partial charge in [-0.15, -0.1) is 0 Å². The van der Waals surface area contributed by atoms with Gasteiger partial charge in [0, 0.05) is 37.9 Å². The minimum absolute atomic E-state index is 0.0148. The van der Waals surface area contributed by atoms with Gasteiger partial charge < -0.3 is 4.74 Å². The molecule has 0 fully saturated rings. The lowest BCUT2D eigenvalue weighted by atomic mass is 9.98. The first-order valence-electron chi connectivity index (χ1n) is 27.3. The number of hydrogen-bond acceptors (Lipinski definition) is 4. The fourth-order valence-electron chi connectivity index (χ4n) is 10.7. The van der Waals surface area contributed by atoms with E-state index in [-0.39, 0.29) is 33.0 Å². The summed E-state index contributed by atoms with van der Waals surface area (Å²) in [6.45, 7) is -14.0. The van der Waals surface area contributed by atoms with Crippen LogP contribution in [0, 0.1) is 0 Å². The Kier molecular flexibility index (Phi) is 6.80. The topological polar surface area (TPSA) is 31.5 Å². The van der Waals surface area contributed by atoms with Crippen molar-refractivity contribution in [1.82, 2.24) is 14.0 Å². The van der Waals surface area contributed by atoms with E-state index in [1.165, 1.54) is 29.0 Å². The maximum atomic E-state index is 10.0. The van der Waals surface area contributed by atoms with Gasteiger partial charge in [0.15, 0.2) is 8.07 Å². The summed E-state index contributed by atoms with van der Waals surface area (Å²) in [7, 11) is -15.9. The van der Waals surface area contributed by atoms with Gasteiger partial charge in [0.1, 0.15) is 11.5 Å². The zero-order chi connectivity index (χ0) is 54.0. The van der Waals surface area contributed by atoms with E-state index in [1.54, 1.807) is 41.1 Å². The molecule has 1 aliphatic rings. The summed E-state index contributed by atoms with van der Waals surface area (Å²) in [6, 6.07) is 58.7. The number of benzene rings is 7. The molecular weight excluding hydrogens is 879 g/mol. The van der Waals surface area contributed by atoms with Crippen LogP contribution in [0.1, 0.15) is 27.6 Å². The molecule has 11 aromatic rings. The number of thiophene rings is 2. The van der Waals surface area contributed by atoms with Crippen LogP contribution in [0.3, 0.4) is 0 Å². The molecular formula is C56H47N3OS2Si3. The first kappa shape index (κ1) is 29.2. The first-order chi connectivity index (χ1) is 36.8. The highest BCUT2D eigenvalue weighted by molar-refractivity contribution is 7.20. The second-order valence-corrected chi connectivity index (χ2v) is 28.1. The Morgan fingerprint density at radius 3 is 1.75 bits per heavy atom. The van der Waals surface area contributed by atoms with Crippen molar-refractivity contribution in [3.05, 3.63) is 221 Å². The Labute approximate surface area is 407 Å². The second-order valence-electron chi connectivity index (χ2n) is 16.6. The number of ether oxygens (including phenoxy) is 1. The molecule has 0 atom stereocenters. The third kappa shape index (κ3) is 5.60. The lowest BCUT2D eigenvalue weighted by Gasteiger charge is -2.57. The number of aromatic nitrogens is 3. The van der Waals surface area contributed by atoms with Gasteiger partial charge in [0.25, 0.3) is 0 Å². The lowest BCUT2D eigenvalue weighted by Crippen LogP contribution is -2.77. The number of fused-ring (bicyclic) bond motifs is 7. The highest BCUT2D eigenvalue weighted by atomic mass is 32.1. The van der Waals surface area contributed by atoms with Crippen LogP contribution in [-0.2, 0) is 4.66 Å². The van der Waals surface area contributed by atoms with E-state index in [9.17, 15) is 16.4 Å². The molecule has 7 aromatic carbocycles. The monoisotopic (exact) mass is 937 g/mol. The van der Waals surface area contributed by atoms with Gasteiger partial charge >= 0.3 is 0 Å². The summed E-state index contributed by atoms with van der Waals surface area (Å²) in [5, 5.41) is 9.07. The van der Waals surface area contributed by atoms with Crippen molar-refractivity contribution < 1.29 is 21.2 Å². The highest BCUT2D eigenvalue weighted by Crippen LogP contribution is 2.56. The van der Waals surface area contributed by atoms with Gasteiger partial charge in [-0.1, -0.05) is 171 Å². The second kappa shape index (κ2) is 15.1. The van der Waals surface area contributed by atoms with Gasteiger partial charge in [-0.3, -0.25) is 8.97 Å². The average Bonchev–Trinajstić information content (AvgIpc) is 4.41. The Morgan fingerprint density at radius 2 is 1.09 bits per heavy atom. The van der Waals surface area contributed by atoms with Crippen LogP contribution in [0.15, 0.2) is 210 Å². The van der Waals surface area contributed by atoms with Crippen LogP contribution in [-0.4, -0.2) is 38.2 Å². The normalized spacial score (nSPS) is 17.3. The standard InChI is InChI=1S/C56H47N3OS2Si3/c1-63(2,44-33-35-61-38-44)56(64(3,4)45-34-36-62-39-45)46-25-11-16-31-52(46)60-54-47(56)26-18-32-53(54)65(41-20-7-5-8-21-41,42-22-9-6-10-23-42)43-24-17-19-40(37-43)58-50-29-14-15-30-51(50)59-49-28-13-12-27-48(49)57-55(58)59/h5-39H,1-4H3/i1D3,2D3,3D3,4D3. The lowest BCUT2D eigenvalue weighted by molar-refractivity contribution is 0.453. The van der Waals surface area contributed by atoms with Gasteiger partial charge in [-0.2, -0.15) is 22.7 Å². The smallest absolute Gasteiger partial charge is 0.220 e. The molecule has 65 heavy (non-hydrogen) atoms. The number of para-hydroxylation sites is 6. The average molecular weight is 938 g/mol. The van der Waals surface area contributed by atoms with Gasteiger partial charge in [0.2, 0.25) is 5.78 Å². The maximum Gasteiger partial charge on any atom is 0.220 e. The molecule has 0 N–H and O–H groups in total. The van der Waals surface area contributed by atoms with Crippen molar-refractivity contribution in [3.63, 3.8) is 0 Å². The zero-order valence-corrected chi connectivity index (χ0v) is 39.4. The Hall–Kier alpha value is -6.34. The number of rotatable bonds is 9. The molecule has 4 nitrogen and oxygen atoms in total. The van der Waals surface area contributed by atoms with Gasteiger partial charge in [0.05, 0.1) is 38.2 Å². The maximum absolute atomic E-state index is 10.0. The van der Waals surface area contributed by atoms with Crippen molar-refractivity contribution >= 4 is 106 Å². The number of imidazole rings is 2. The fourth-order valence-corrected chi connectivity index (χ4v) is 25.8. The summed E-state index contributed by atoms with van der Waals surface area (Å²) in [4.78, 5) is 5.20. The van der Waals surface area contributed by atoms with Crippen LogP contribution >= 0.6 is 22.7 Å². The fraction of sp³-hybridized carbons (Fsp3) is 0.0893. The predicted molar refractivity (Wildman–Crippen MR) is 283 cm³/mol. The molecule has 0 bridgehead atoms. The summed E-state index contributed by atoms with van der Waals surface area (Å²) in [5.74, 6) is 0.704. The van der Waals surface area contributed by atoms with Crippen LogP contribution in [0.4, 0.5) is 0 Å². The van der Waals surface area contributed by atoms with E-state index in [2.05, 4.69) is 33.2 Å². The Balaban J connectivity index is 1.31. The van der Waals surface area contributed by atoms with Crippen molar-refractivity contribution in [1.29, 1.82) is 0 Å². The third-order valence-corrected chi connectivity index (χ3v) is 27.9. The molecule has 4 aromatic heterocycles. The molecule has 316 valence electrons. The Bertz CT molecular complexity index is 3870. The molecule has 0 aliphatic carbocycles. The van der Waals surface area contributed by atoms with Crippen LogP contribution in [0.5, 0.6) is 11.5 Å². The third-order valence-electron chi connectivity index (χ3n) is 13.4. The van der Waals surface area contributed by atoms with E-state index in [0.717, 1.165) is 66.0 Å². The van der Waals surface area contributed by atoms with E-state index in [1.807, 2.05) is 115 Å². The Morgan fingerprint density at radius 1 is 0.523 bits per heavy atom. The van der Waals surface area contributed by atoms with Crippen molar-refractivity contribution in [2.75, 3.05) is 0 Å². The molecule has 0 amide bonds. The number of nitrogens with zero attached hydrogens (tertiary/aromatic N) is 3. The number of hydrogen-bond donors (Lipinski definition) is 0. The van der Waals surface area contributed by atoms with Crippen LogP contribution in [0.25, 0.3) is 33.5 Å². The van der Waals surface area contributed by atoms with Crippen LogP contribution in [0.2, 0.25) is 25.9 Å². The van der Waals surface area contributed by atoms with Crippen molar-refractivity contribution in [2.45, 2.75) is 30.6 Å². The van der Waals surface area contributed by atoms with E-state index in [4.69, 9.17) is 9.72 Å². The summed E-state index contributed by atoms with van der Waals surface area (Å²) in [6.07, 6.45) is 0. The minimum Gasteiger partial charge on any atom is -0.457 e. The van der Waals surface area contributed by atoms with Gasteiger partial charge in [-0.25, -0.2) is 4.98 Å². The highest BCUT2D eigenvalue weighted by Gasteiger charge is 2.64. The largest absolute Gasteiger partial charge is 0.457 e. The molecule has 5 heterocycles. The van der Waals surface area contributed by atoms with Crippen LogP contribution < -0.4 is 35.9 Å². The molecule has 1 aliphatic heterocycles. The first-order valence-corrected chi connectivity index (χ1v) is 29.2. The molecule has 12 rings (SSSR count). The van der Waals surface area contributed by atoms with Crippen molar-refractivity contribution in [3.8, 4) is 17.2 Å². The van der Waals surface area contributed by atoms with E-state index >= 15 is 0 Å². The quantitative estimate of drug-likeness (QED) is 0.107. The summed E-state index contributed by atoms with van der Waals surface area (Å²) < 4.78 is 129. The minimum atomic E-state index is -5.94. The molecule has 0 saturated carbocycles. The van der Waals surface area contributed by atoms with Gasteiger partial charge in [-0.05, 0) is 95.1 Å². The predicted octanol–water partition coefficient (Wildman–Crippen LogP) is 10.6. The zero-order valence-electron chi connectivity index (χ0n) is 46.8. The molecule has 0 radical (unpaired) electrons. The van der Waals surface area contributed by atoms with E-state index < -0.39 is 54.8 Å². The molecule has 0 spiro atoms. The van der Waals surface area contributed by atoms with Crippen molar-refractivity contribution in [2.24, 2.45) is 0 Å². The molecule has 0 unspecified atom stereocenters. The summed E-state index contributed by atoms with van der Waals surface area (Å²) >= 11 is 2.17. The SMILES string of the molecule is [2H]C([2H])([2H])[Si](c1ccsc1)(C([2H])([2H])[2H])C1([Si](c2ccsc2)(C([2H])([2H])[2H])C([2H])([2H])[2H])c2ccccc2Oc2c1cccc2[Si](c1ccccc1)(c1ccccc1)c1cccc(-n2c3ccccc3n3c4ccccc4nc23)c1. The van der Waals surface area contributed by atoms with E-state index in [0.29, 0.717) is 11.0 Å². The molecule has 0 saturated heterocycles.